The van der Waals surface area contributed by atoms with E-state index in [0.717, 1.165) is 11.3 Å². The van der Waals surface area contributed by atoms with Crippen molar-refractivity contribution in [2.24, 2.45) is 17.8 Å². The molecule has 1 aromatic carbocycles. The molecular formula is C29H38N2OSi. The van der Waals surface area contributed by atoms with Gasteiger partial charge in [0.2, 0.25) is 5.78 Å². The summed E-state index contributed by atoms with van der Waals surface area (Å²) in [5.41, 5.74) is 7.47. The number of hydrogen-bond donors (Lipinski definition) is 0. The lowest BCUT2D eigenvalue weighted by Crippen LogP contribution is -2.43. The van der Waals surface area contributed by atoms with Gasteiger partial charge in [0.05, 0.1) is 0 Å². The van der Waals surface area contributed by atoms with Gasteiger partial charge in [-0.1, -0.05) is 78.0 Å². The summed E-state index contributed by atoms with van der Waals surface area (Å²) in [6.45, 7) is 22.3. The molecule has 0 N–H and O–H groups in total. The van der Waals surface area contributed by atoms with E-state index in [-0.39, 0.29) is 23.5 Å². The molecule has 3 atom stereocenters. The van der Waals surface area contributed by atoms with Crippen LogP contribution in [0, 0.1) is 29.2 Å². The van der Waals surface area contributed by atoms with Crippen LogP contribution in [0.4, 0.5) is 0 Å². The predicted octanol–water partition coefficient (Wildman–Crippen LogP) is 7.27. The summed E-state index contributed by atoms with van der Waals surface area (Å²) in [6, 6.07) is 9.89. The van der Waals surface area contributed by atoms with Crippen LogP contribution in [0.15, 0.2) is 67.5 Å². The number of nitrogens with zero attached hydrogens (tertiary/aromatic N) is 2. The molecule has 0 aliphatic heterocycles. The SMILES string of the molecule is C=C[C@H]1C(=C)C[C@H](C(=O)c2nccn2-c2ccccc2)[C@H]1C#C[Si](C(C)C)(C(C)C)C(C)C. The van der Waals surface area contributed by atoms with Gasteiger partial charge < -0.3 is 0 Å². The Kier molecular flexibility index (Phi) is 7.64. The Bertz CT molecular complexity index is 1050. The number of Topliss-reactive ketones (excluding diaryl/α,β-unsaturated/α-hetero) is 1. The molecule has 0 spiro atoms. The Morgan fingerprint density at radius 3 is 2.27 bits per heavy atom. The van der Waals surface area contributed by atoms with Gasteiger partial charge in [0.15, 0.2) is 5.82 Å². The number of benzene rings is 1. The molecule has 3 nitrogen and oxygen atoms in total. The van der Waals surface area contributed by atoms with Crippen molar-refractivity contribution in [2.75, 3.05) is 0 Å². The zero-order valence-electron chi connectivity index (χ0n) is 21.0. The first-order valence-corrected chi connectivity index (χ1v) is 14.3. The Hall–Kier alpha value is -2.64. The number of hydrogen-bond acceptors (Lipinski definition) is 2. The van der Waals surface area contributed by atoms with E-state index in [1.807, 2.05) is 47.2 Å². The van der Waals surface area contributed by atoms with Gasteiger partial charge in [-0.15, -0.1) is 18.0 Å². The van der Waals surface area contributed by atoms with Crippen molar-refractivity contribution in [3.05, 3.63) is 73.4 Å². The van der Waals surface area contributed by atoms with Gasteiger partial charge in [-0.2, -0.15) is 0 Å². The van der Waals surface area contributed by atoms with E-state index in [0.29, 0.717) is 28.9 Å². The monoisotopic (exact) mass is 458 g/mol. The Morgan fingerprint density at radius 2 is 1.73 bits per heavy atom. The number of para-hydroxylation sites is 1. The molecule has 0 unspecified atom stereocenters. The van der Waals surface area contributed by atoms with Crippen molar-refractivity contribution < 1.29 is 4.79 Å². The largest absolute Gasteiger partial charge is 0.297 e. The summed E-state index contributed by atoms with van der Waals surface area (Å²) >= 11 is 0. The summed E-state index contributed by atoms with van der Waals surface area (Å²) < 4.78 is 1.88. The molecule has 0 bridgehead atoms. The molecule has 1 aromatic heterocycles. The van der Waals surface area contributed by atoms with E-state index in [1.54, 1.807) is 6.20 Å². The molecular weight excluding hydrogens is 420 g/mol. The molecule has 0 saturated heterocycles. The third-order valence-corrected chi connectivity index (χ3v) is 13.9. The fourth-order valence-corrected chi connectivity index (χ4v) is 11.2. The minimum Gasteiger partial charge on any atom is -0.297 e. The molecule has 1 aliphatic rings. The fourth-order valence-electron chi connectivity index (χ4n) is 5.90. The summed E-state index contributed by atoms with van der Waals surface area (Å²) in [6.07, 6.45) is 6.12. The van der Waals surface area contributed by atoms with E-state index in [2.05, 4.69) is 71.1 Å². The topological polar surface area (TPSA) is 34.9 Å². The highest BCUT2D eigenvalue weighted by Crippen LogP contribution is 2.44. The number of rotatable bonds is 7. The number of carbonyl (C=O) groups is 1. The van der Waals surface area contributed by atoms with Crippen LogP contribution in [0.25, 0.3) is 5.69 Å². The smallest absolute Gasteiger partial charge is 0.203 e. The second kappa shape index (κ2) is 10.1. The molecule has 4 heteroatoms. The van der Waals surface area contributed by atoms with Crippen molar-refractivity contribution in [2.45, 2.75) is 64.6 Å². The summed E-state index contributed by atoms with van der Waals surface area (Å²) in [5.74, 6) is 3.85. The Morgan fingerprint density at radius 1 is 1.12 bits per heavy atom. The van der Waals surface area contributed by atoms with E-state index in [1.165, 1.54) is 0 Å². The van der Waals surface area contributed by atoms with E-state index < -0.39 is 8.07 Å². The Labute approximate surface area is 201 Å². The summed E-state index contributed by atoms with van der Waals surface area (Å²) in [5, 5.41) is 0. The number of ketones is 1. The third kappa shape index (κ3) is 4.57. The average Bonchev–Trinajstić information content (AvgIpc) is 3.38. The van der Waals surface area contributed by atoms with Crippen LogP contribution in [-0.4, -0.2) is 23.4 Å². The standard InChI is InChI=1S/C29H38N2OSi/c1-9-25-23(8)19-27(26(25)15-18-33(20(2)3,21(4)5)22(6)7)28(32)29-30-16-17-31(29)24-13-11-10-12-14-24/h9-14,16-17,20-22,25-27H,1,8,19H2,2-7H3/t25-,26-,27-/m0/s1. The molecule has 1 heterocycles. The van der Waals surface area contributed by atoms with Gasteiger partial charge in [-0.05, 0) is 35.2 Å². The van der Waals surface area contributed by atoms with Gasteiger partial charge >= 0.3 is 0 Å². The highest BCUT2D eigenvalue weighted by Gasteiger charge is 2.44. The van der Waals surface area contributed by atoms with E-state index in [4.69, 9.17) is 0 Å². The minimum atomic E-state index is -1.91. The maximum absolute atomic E-state index is 13.8. The van der Waals surface area contributed by atoms with Crippen LogP contribution in [0.3, 0.4) is 0 Å². The first-order valence-electron chi connectivity index (χ1n) is 12.1. The van der Waals surface area contributed by atoms with Crippen LogP contribution < -0.4 is 0 Å². The summed E-state index contributed by atoms with van der Waals surface area (Å²) in [4.78, 5) is 18.3. The van der Waals surface area contributed by atoms with Crippen molar-refractivity contribution in [3.63, 3.8) is 0 Å². The lowest BCUT2D eigenvalue weighted by Gasteiger charge is -2.38. The van der Waals surface area contributed by atoms with Gasteiger partial charge in [0.1, 0.15) is 8.07 Å². The molecule has 0 radical (unpaired) electrons. The number of imidazole rings is 1. The van der Waals surface area contributed by atoms with Crippen LogP contribution in [0.2, 0.25) is 16.6 Å². The zero-order valence-corrected chi connectivity index (χ0v) is 22.0. The Balaban J connectivity index is 2.05. The van der Waals surface area contributed by atoms with Gasteiger partial charge in [0, 0.05) is 35.8 Å². The molecule has 3 rings (SSSR count). The number of allylic oxidation sites excluding steroid dienone is 2. The second-order valence-corrected chi connectivity index (χ2v) is 15.8. The van der Waals surface area contributed by atoms with Gasteiger partial charge in [-0.3, -0.25) is 9.36 Å². The van der Waals surface area contributed by atoms with Gasteiger partial charge in [0.25, 0.3) is 0 Å². The normalized spacial score (nSPS) is 20.9. The maximum Gasteiger partial charge on any atom is 0.203 e. The lowest BCUT2D eigenvalue weighted by molar-refractivity contribution is 0.0891. The highest BCUT2D eigenvalue weighted by molar-refractivity contribution is 6.90. The first-order chi connectivity index (χ1) is 15.6. The fraction of sp³-hybridized carbons (Fsp3) is 0.448. The van der Waals surface area contributed by atoms with E-state index in [9.17, 15) is 4.79 Å². The summed E-state index contributed by atoms with van der Waals surface area (Å²) in [7, 11) is -1.91. The number of aromatic nitrogens is 2. The number of carbonyl (C=O) groups excluding carboxylic acids is 1. The average molecular weight is 459 g/mol. The third-order valence-electron chi connectivity index (χ3n) is 7.58. The molecule has 1 fully saturated rings. The lowest BCUT2D eigenvalue weighted by atomic mass is 9.87. The van der Waals surface area contributed by atoms with Crippen molar-refractivity contribution in [1.29, 1.82) is 0 Å². The molecule has 1 saturated carbocycles. The van der Waals surface area contributed by atoms with Crippen LogP contribution in [0.1, 0.15) is 58.6 Å². The molecule has 1 aliphatic carbocycles. The van der Waals surface area contributed by atoms with Crippen LogP contribution in [-0.2, 0) is 0 Å². The molecule has 0 amide bonds. The van der Waals surface area contributed by atoms with E-state index >= 15 is 0 Å². The van der Waals surface area contributed by atoms with Crippen LogP contribution >= 0.6 is 0 Å². The zero-order chi connectivity index (χ0) is 24.3. The first kappa shape index (κ1) is 25.0. The predicted molar refractivity (Wildman–Crippen MR) is 141 cm³/mol. The molecule has 2 aromatic rings. The second-order valence-electron chi connectivity index (χ2n) is 10.2. The van der Waals surface area contributed by atoms with Gasteiger partial charge in [-0.25, -0.2) is 4.98 Å². The van der Waals surface area contributed by atoms with Crippen LogP contribution in [0.5, 0.6) is 0 Å². The molecule has 174 valence electrons. The van der Waals surface area contributed by atoms with Crippen molar-refractivity contribution >= 4 is 13.9 Å². The minimum absolute atomic E-state index is 0.0322. The quantitative estimate of drug-likeness (QED) is 0.189. The van der Waals surface area contributed by atoms with Crippen molar-refractivity contribution in [1.82, 2.24) is 9.55 Å². The molecule has 33 heavy (non-hydrogen) atoms. The maximum atomic E-state index is 13.8. The highest BCUT2D eigenvalue weighted by atomic mass is 28.3. The van der Waals surface area contributed by atoms with Crippen molar-refractivity contribution in [3.8, 4) is 17.2 Å².